The molecule has 6 aliphatic carbocycles. The van der Waals surface area contributed by atoms with Gasteiger partial charge in [-0.1, -0.05) is 62.3 Å². The molecule has 6 bridgehead atoms. The van der Waals surface area contributed by atoms with Crippen LogP contribution in [0, 0.1) is 50.2 Å². The smallest absolute Gasteiger partial charge is 0.308 e. The SMILES string of the molecule is CC1(C)C2CCC1(C)C(OP(OC1CC3CCC1(C)C3(C)C)OC1CC3CCC1(C)C3(C)C)C2. The van der Waals surface area contributed by atoms with Crippen molar-refractivity contribution >= 4 is 8.60 Å². The summed E-state index contributed by atoms with van der Waals surface area (Å²) in [6.45, 7) is 22.4. The van der Waals surface area contributed by atoms with Crippen molar-refractivity contribution in [1.82, 2.24) is 0 Å². The van der Waals surface area contributed by atoms with Crippen LogP contribution in [0.2, 0.25) is 0 Å². The molecule has 6 aliphatic rings. The molecule has 3 nitrogen and oxygen atoms in total. The van der Waals surface area contributed by atoms with E-state index in [1.54, 1.807) is 0 Å². The first-order chi connectivity index (χ1) is 15.7. The predicted octanol–water partition coefficient (Wildman–Crippen LogP) is 8.91. The van der Waals surface area contributed by atoms with Crippen LogP contribution in [0.4, 0.5) is 0 Å². The maximum Gasteiger partial charge on any atom is 0.333 e. The van der Waals surface area contributed by atoms with Gasteiger partial charge in [0.1, 0.15) is 0 Å². The Labute approximate surface area is 210 Å². The highest BCUT2D eigenvalue weighted by molar-refractivity contribution is 7.41. The van der Waals surface area contributed by atoms with E-state index in [9.17, 15) is 0 Å². The van der Waals surface area contributed by atoms with E-state index in [0.717, 1.165) is 17.8 Å². The quantitative estimate of drug-likeness (QED) is 0.348. The van der Waals surface area contributed by atoms with E-state index in [0.29, 0.717) is 16.2 Å². The molecule has 9 atom stereocenters. The molecule has 6 saturated carbocycles. The van der Waals surface area contributed by atoms with E-state index in [1.165, 1.54) is 57.8 Å². The van der Waals surface area contributed by atoms with Crippen molar-refractivity contribution < 1.29 is 13.6 Å². The van der Waals surface area contributed by atoms with Gasteiger partial charge in [-0.05, 0) is 108 Å². The van der Waals surface area contributed by atoms with Gasteiger partial charge >= 0.3 is 8.60 Å². The Morgan fingerprint density at radius 1 is 0.471 bits per heavy atom. The van der Waals surface area contributed by atoms with Crippen molar-refractivity contribution in [3.63, 3.8) is 0 Å². The molecule has 6 fully saturated rings. The summed E-state index contributed by atoms with van der Waals surface area (Å²) in [5.74, 6) is 2.33. The minimum absolute atomic E-state index is 0.237. The summed E-state index contributed by atoms with van der Waals surface area (Å²) in [7, 11) is -1.35. The van der Waals surface area contributed by atoms with Gasteiger partial charge in [-0.2, -0.15) is 0 Å². The van der Waals surface area contributed by atoms with Crippen LogP contribution in [-0.2, 0) is 13.6 Å². The van der Waals surface area contributed by atoms with Crippen LogP contribution in [0.5, 0.6) is 0 Å². The topological polar surface area (TPSA) is 27.7 Å². The van der Waals surface area contributed by atoms with Crippen molar-refractivity contribution in [2.45, 2.75) is 138 Å². The molecule has 34 heavy (non-hydrogen) atoms. The van der Waals surface area contributed by atoms with E-state index < -0.39 is 8.60 Å². The number of rotatable bonds is 6. The largest absolute Gasteiger partial charge is 0.333 e. The zero-order valence-electron chi connectivity index (χ0n) is 23.5. The molecule has 194 valence electrons. The molecule has 0 aliphatic heterocycles. The highest BCUT2D eigenvalue weighted by Gasteiger charge is 2.66. The Hall–Kier alpha value is 0.310. The Kier molecular flexibility index (Phi) is 5.24. The first-order valence-corrected chi connectivity index (χ1v) is 15.6. The van der Waals surface area contributed by atoms with Crippen LogP contribution in [0.25, 0.3) is 0 Å². The van der Waals surface area contributed by atoms with Crippen molar-refractivity contribution in [3.05, 3.63) is 0 Å². The molecule has 0 aromatic carbocycles. The second-order valence-electron chi connectivity index (χ2n) is 15.8. The summed E-state index contributed by atoms with van der Waals surface area (Å²) in [6, 6.07) is 0. The standard InChI is InChI=1S/C30H51O3P/c1-25(2)19-10-13-28(25,7)22(16-19)31-34(32-23-17-20-11-14-29(23,8)26(20,3)4)33-24-18-21-12-15-30(24,9)27(21,5)6/h19-24H,10-18H2,1-9H3. The maximum atomic E-state index is 7.07. The van der Waals surface area contributed by atoms with Gasteiger partial charge in [-0.3, -0.25) is 0 Å². The monoisotopic (exact) mass is 490 g/mol. The average Bonchev–Trinajstić information content (AvgIpc) is 3.38. The molecular formula is C30H51O3P. The van der Waals surface area contributed by atoms with E-state index >= 15 is 0 Å². The highest BCUT2D eigenvalue weighted by atomic mass is 31.2. The molecule has 0 radical (unpaired) electrons. The fraction of sp³-hybridized carbons (Fsp3) is 1.00. The van der Waals surface area contributed by atoms with Gasteiger partial charge < -0.3 is 13.6 Å². The number of fused-ring (bicyclic) bond motifs is 6. The van der Waals surface area contributed by atoms with Crippen molar-refractivity contribution in [2.75, 3.05) is 0 Å². The van der Waals surface area contributed by atoms with Crippen LogP contribution in [0.3, 0.4) is 0 Å². The Balaban J connectivity index is 1.25. The average molecular weight is 491 g/mol. The number of hydrogen-bond acceptors (Lipinski definition) is 3. The van der Waals surface area contributed by atoms with Crippen LogP contribution in [-0.4, -0.2) is 18.3 Å². The Morgan fingerprint density at radius 3 is 0.912 bits per heavy atom. The minimum atomic E-state index is -1.35. The third-order valence-corrected chi connectivity index (χ3v) is 16.1. The molecule has 9 unspecified atom stereocenters. The molecule has 0 aromatic heterocycles. The third-order valence-electron chi connectivity index (χ3n) is 14.8. The van der Waals surface area contributed by atoms with Gasteiger partial charge in [0.25, 0.3) is 0 Å². The first-order valence-electron chi connectivity index (χ1n) is 14.5. The normalized spacial score (nSPS) is 54.3. The van der Waals surface area contributed by atoms with Crippen LogP contribution >= 0.6 is 8.60 Å². The van der Waals surface area contributed by atoms with Gasteiger partial charge in [-0.25, -0.2) is 0 Å². The van der Waals surface area contributed by atoms with E-state index in [2.05, 4.69) is 62.3 Å². The van der Waals surface area contributed by atoms with Crippen LogP contribution < -0.4 is 0 Å². The number of hydrogen-bond donors (Lipinski definition) is 0. The first kappa shape index (κ1) is 24.6. The third kappa shape index (κ3) is 2.86. The van der Waals surface area contributed by atoms with Crippen molar-refractivity contribution in [1.29, 1.82) is 0 Å². The summed E-state index contributed by atoms with van der Waals surface area (Å²) < 4.78 is 21.2. The zero-order valence-corrected chi connectivity index (χ0v) is 24.4. The van der Waals surface area contributed by atoms with E-state index in [4.69, 9.17) is 13.6 Å². The zero-order chi connectivity index (χ0) is 24.5. The second-order valence-corrected chi connectivity index (χ2v) is 16.9. The van der Waals surface area contributed by atoms with Gasteiger partial charge in [0.15, 0.2) is 0 Å². The lowest BCUT2D eigenvalue weighted by Gasteiger charge is -2.44. The second kappa shape index (κ2) is 7.24. The lowest BCUT2D eigenvalue weighted by atomic mass is 9.70. The summed E-state index contributed by atoms with van der Waals surface area (Å²) in [5, 5.41) is 0. The molecule has 6 rings (SSSR count). The lowest BCUT2D eigenvalue weighted by molar-refractivity contribution is -0.0468. The van der Waals surface area contributed by atoms with Crippen LogP contribution in [0.1, 0.15) is 120 Å². The molecule has 0 spiro atoms. The Bertz CT molecular complexity index is 743. The van der Waals surface area contributed by atoms with Crippen molar-refractivity contribution in [2.24, 2.45) is 50.2 Å². The van der Waals surface area contributed by atoms with E-state index in [1.807, 2.05) is 0 Å². The molecular weight excluding hydrogens is 439 g/mol. The summed E-state index contributed by atoms with van der Waals surface area (Å²) in [5.41, 5.74) is 1.75. The Morgan fingerprint density at radius 2 is 0.735 bits per heavy atom. The van der Waals surface area contributed by atoms with Gasteiger partial charge in [0.2, 0.25) is 0 Å². The molecule has 0 amide bonds. The molecule has 0 heterocycles. The maximum absolute atomic E-state index is 7.07. The molecule has 0 aromatic rings. The van der Waals surface area contributed by atoms with Gasteiger partial charge in [-0.15, -0.1) is 0 Å². The fourth-order valence-electron chi connectivity index (χ4n) is 10.3. The lowest BCUT2D eigenvalue weighted by Crippen LogP contribution is -2.40. The predicted molar refractivity (Wildman–Crippen MR) is 139 cm³/mol. The van der Waals surface area contributed by atoms with Crippen LogP contribution in [0.15, 0.2) is 0 Å². The van der Waals surface area contributed by atoms with Gasteiger partial charge in [0, 0.05) is 0 Å². The molecule has 4 heteroatoms. The molecule has 0 saturated heterocycles. The van der Waals surface area contributed by atoms with Gasteiger partial charge in [0.05, 0.1) is 18.3 Å². The van der Waals surface area contributed by atoms with E-state index in [-0.39, 0.29) is 34.6 Å². The van der Waals surface area contributed by atoms with Crippen molar-refractivity contribution in [3.8, 4) is 0 Å². The minimum Gasteiger partial charge on any atom is -0.308 e. The summed E-state index contributed by atoms with van der Waals surface area (Å²) in [6.07, 6.45) is 12.3. The highest BCUT2D eigenvalue weighted by Crippen LogP contribution is 2.73. The fourth-order valence-corrected chi connectivity index (χ4v) is 12.0. The summed E-state index contributed by atoms with van der Waals surface area (Å²) in [4.78, 5) is 0. The molecule has 0 N–H and O–H groups in total. The summed E-state index contributed by atoms with van der Waals surface area (Å²) >= 11 is 0.